The zero-order chi connectivity index (χ0) is 14.8. The molecule has 6 heteroatoms. The van der Waals surface area contributed by atoms with Crippen molar-refractivity contribution in [3.05, 3.63) is 36.4 Å². The fourth-order valence-corrected chi connectivity index (χ4v) is 1.21. The van der Waals surface area contributed by atoms with Crippen molar-refractivity contribution in [1.82, 2.24) is 14.9 Å². The molecule has 0 aliphatic heterocycles. The van der Waals surface area contributed by atoms with Crippen LogP contribution in [0.5, 0.6) is 0 Å². The van der Waals surface area contributed by atoms with Gasteiger partial charge in [0.05, 0.1) is 24.1 Å². The topological polar surface area (TPSA) is 83.4 Å². The van der Waals surface area contributed by atoms with Crippen molar-refractivity contribution in [2.45, 2.75) is 0 Å². The normalized spacial score (nSPS) is 8.79. The summed E-state index contributed by atoms with van der Waals surface area (Å²) in [6.45, 7) is 7.20. The zero-order valence-corrected chi connectivity index (χ0v) is 11.0. The molecule has 19 heavy (non-hydrogen) atoms. The van der Waals surface area contributed by atoms with Gasteiger partial charge in [-0.05, 0) is 12.2 Å². The van der Waals surface area contributed by atoms with E-state index in [2.05, 4.69) is 23.1 Å². The van der Waals surface area contributed by atoms with Gasteiger partial charge in [-0.3, -0.25) is 9.78 Å². The molecular weight excluding hydrogens is 246 g/mol. The third kappa shape index (κ3) is 4.44. The summed E-state index contributed by atoms with van der Waals surface area (Å²) < 4.78 is 0. The molecule has 0 fully saturated rings. The summed E-state index contributed by atoms with van der Waals surface area (Å²) in [5.41, 5.74) is 1.23. The van der Waals surface area contributed by atoms with Crippen LogP contribution in [0.1, 0.15) is 21.9 Å². The smallest absolute Gasteiger partial charge is 0.274 e. The molecule has 0 aliphatic carbocycles. The molecule has 1 aromatic rings. The van der Waals surface area contributed by atoms with Crippen LogP contribution in [0.2, 0.25) is 0 Å². The molecule has 1 heterocycles. The molecule has 0 bridgehead atoms. The van der Waals surface area contributed by atoms with Crippen molar-refractivity contribution in [1.29, 1.82) is 0 Å². The van der Waals surface area contributed by atoms with Crippen LogP contribution in [0, 0.1) is 0 Å². The average molecular weight is 263 g/mol. The third-order valence-corrected chi connectivity index (χ3v) is 2.13. The van der Waals surface area contributed by atoms with Gasteiger partial charge in [0.2, 0.25) is 0 Å². The minimum Gasteiger partial charge on any atom is -0.400 e. The first-order valence-corrected chi connectivity index (χ1v) is 5.39. The standard InChI is InChI=1S/C12H13N3O2.CH4O/c1-4-9-10(5-2)14-11(8-13-9)12(17)15(3)6-7-16;1-2/h4-5,7-8H,1-2,6H2,3H3;2H,1H3. The van der Waals surface area contributed by atoms with E-state index in [1.165, 1.54) is 30.3 Å². The SMILES string of the molecule is C=Cc1ncc(C(=O)N(C)CC=O)nc1C=C.CO. The lowest BCUT2D eigenvalue weighted by molar-refractivity contribution is -0.108. The minimum absolute atomic E-state index is 0.0210. The summed E-state index contributed by atoms with van der Waals surface area (Å²) in [6.07, 6.45) is 5.04. The molecule has 0 atom stereocenters. The van der Waals surface area contributed by atoms with Crippen LogP contribution in [0.3, 0.4) is 0 Å². The predicted octanol–water partition coefficient (Wildman–Crippen LogP) is 0.642. The third-order valence-electron chi connectivity index (χ3n) is 2.13. The van der Waals surface area contributed by atoms with Gasteiger partial charge < -0.3 is 14.8 Å². The molecule has 1 N–H and O–H groups in total. The Bertz CT molecular complexity index is 472. The summed E-state index contributed by atoms with van der Waals surface area (Å²) in [5.74, 6) is -0.358. The van der Waals surface area contributed by atoms with Crippen LogP contribution in [0.25, 0.3) is 12.2 Å². The highest BCUT2D eigenvalue weighted by Crippen LogP contribution is 2.08. The van der Waals surface area contributed by atoms with Gasteiger partial charge in [0.1, 0.15) is 12.0 Å². The summed E-state index contributed by atoms with van der Waals surface area (Å²) >= 11 is 0. The summed E-state index contributed by atoms with van der Waals surface area (Å²) in [5, 5.41) is 7.00. The number of amides is 1. The van der Waals surface area contributed by atoms with E-state index in [0.29, 0.717) is 17.7 Å². The largest absolute Gasteiger partial charge is 0.400 e. The Hall–Kier alpha value is -2.34. The maximum atomic E-state index is 11.8. The van der Waals surface area contributed by atoms with E-state index in [4.69, 9.17) is 5.11 Å². The van der Waals surface area contributed by atoms with E-state index in [-0.39, 0.29) is 18.1 Å². The van der Waals surface area contributed by atoms with Crippen molar-refractivity contribution in [3.8, 4) is 0 Å². The Morgan fingerprint density at radius 1 is 1.37 bits per heavy atom. The molecule has 1 amide bonds. The lowest BCUT2D eigenvalue weighted by Crippen LogP contribution is -2.29. The fourth-order valence-electron chi connectivity index (χ4n) is 1.21. The Balaban J connectivity index is 0.00000154. The van der Waals surface area contributed by atoms with Crippen LogP contribution < -0.4 is 0 Å². The minimum atomic E-state index is -0.358. The highest BCUT2D eigenvalue weighted by atomic mass is 16.2. The number of aliphatic hydroxyl groups is 1. The van der Waals surface area contributed by atoms with Crippen molar-refractivity contribution in [2.24, 2.45) is 0 Å². The van der Waals surface area contributed by atoms with E-state index in [1.807, 2.05) is 0 Å². The molecular formula is C13H17N3O3. The molecule has 0 aliphatic rings. The lowest BCUT2D eigenvalue weighted by Gasteiger charge is -2.13. The Morgan fingerprint density at radius 2 is 1.95 bits per heavy atom. The molecule has 1 rings (SSSR count). The van der Waals surface area contributed by atoms with Crippen LogP contribution in [0.15, 0.2) is 19.4 Å². The molecule has 102 valence electrons. The van der Waals surface area contributed by atoms with E-state index in [1.54, 1.807) is 0 Å². The van der Waals surface area contributed by atoms with Crippen molar-refractivity contribution in [3.63, 3.8) is 0 Å². The summed E-state index contributed by atoms with van der Waals surface area (Å²) in [7, 11) is 2.52. The number of carbonyl (C=O) groups is 2. The Morgan fingerprint density at radius 3 is 2.42 bits per heavy atom. The molecule has 0 saturated carbocycles. The van der Waals surface area contributed by atoms with Gasteiger partial charge in [0, 0.05) is 14.2 Å². The van der Waals surface area contributed by atoms with Gasteiger partial charge in [-0.15, -0.1) is 0 Å². The number of aldehydes is 1. The molecule has 0 saturated heterocycles. The monoisotopic (exact) mass is 263 g/mol. The van der Waals surface area contributed by atoms with Gasteiger partial charge in [0.15, 0.2) is 0 Å². The van der Waals surface area contributed by atoms with E-state index in [9.17, 15) is 9.59 Å². The van der Waals surface area contributed by atoms with Crippen LogP contribution in [-0.2, 0) is 4.79 Å². The quantitative estimate of drug-likeness (QED) is 0.788. The Kier molecular flexibility index (Phi) is 7.64. The first-order valence-electron chi connectivity index (χ1n) is 5.39. The number of aromatic nitrogens is 2. The molecule has 0 unspecified atom stereocenters. The number of aliphatic hydroxyl groups excluding tert-OH is 1. The van der Waals surface area contributed by atoms with Crippen molar-refractivity contribution >= 4 is 24.3 Å². The van der Waals surface area contributed by atoms with Crippen molar-refractivity contribution in [2.75, 3.05) is 20.7 Å². The van der Waals surface area contributed by atoms with Gasteiger partial charge >= 0.3 is 0 Å². The number of hydrogen-bond acceptors (Lipinski definition) is 5. The number of nitrogens with zero attached hydrogens (tertiary/aromatic N) is 3. The zero-order valence-electron chi connectivity index (χ0n) is 11.0. The fraction of sp³-hybridized carbons (Fsp3) is 0.231. The summed E-state index contributed by atoms with van der Waals surface area (Å²) in [4.78, 5) is 31.5. The molecule has 6 nitrogen and oxygen atoms in total. The first-order chi connectivity index (χ1) is 9.13. The molecule has 0 radical (unpaired) electrons. The number of carbonyl (C=O) groups excluding carboxylic acids is 2. The Labute approximate surface area is 112 Å². The highest BCUT2D eigenvalue weighted by Gasteiger charge is 2.14. The van der Waals surface area contributed by atoms with Gasteiger partial charge in [-0.2, -0.15) is 0 Å². The number of rotatable bonds is 5. The van der Waals surface area contributed by atoms with Crippen LogP contribution in [-0.4, -0.2) is 52.9 Å². The maximum absolute atomic E-state index is 11.8. The van der Waals surface area contributed by atoms with Gasteiger partial charge in [-0.25, -0.2) is 4.98 Å². The average Bonchev–Trinajstić information content (AvgIpc) is 2.48. The second kappa shape index (κ2) is 8.71. The van der Waals surface area contributed by atoms with Gasteiger partial charge in [-0.1, -0.05) is 13.2 Å². The molecule has 1 aromatic heterocycles. The molecule has 0 aromatic carbocycles. The van der Waals surface area contributed by atoms with E-state index >= 15 is 0 Å². The van der Waals surface area contributed by atoms with Crippen molar-refractivity contribution < 1.29 is 14.7 Å². The number of hydrogen-bond donors (Lipinski definition) is 1. The van der Waals surface area contributed by atoms with E-state index < -0.39 is 0 Å². The lowest BCUT2D eigenvalue weighted by atomic mass is 10.2. The number of likely N-dealkylation sites (N-methyl/N-ethyl adjacent to an activating group) is 1. The second-order valence-electron chi connectivity index (χ2n) is 3.29. The second-order valence-corrected chi connectivity index (χ2v) is 3.29. The van der Waals surface area contributed by atoms with Crippen LogP contribution >= 0.6 is 0 Å². The predicted molar refractivity (Wildman–Crippen MR) is 73.4 cm³/mol. The molecule has 0 spiro atoms. The highest BCUT2D eigenvalue weighted by molar-refractivity contribution is 5.93. The maximum Gasteiger partial charge on any atom is 0.274 e. The van der Waals surface area contributed by atoms with Crippen LogP contribution in [0.4, 0.5) is 0 Å². The van der Waals surface area contributed by atoms with E-state index in [0.717, 1.165) is 7.11 Å². The summed E-state index contributed by atoms with van der Waals surface area (Å²) in [6, 6.07) is 0. The first kappa shape index (κ1) is 16.7. The van der Waals surface area contributed by atoms with Gasteiger partial charge in [0.25, 0.3) is 5.91 Å².